The summed E-state index contributed by atoms with van der Waals surface area (Å²) in [5.41, 5.74) is 10.4. The van der Waals surface area contributed by atoms with Crippen LogP contribution in [0.5, 0.6) is 0 Å². The predicted octanol–water partition coefficient (Wildman–Crippen LogP) is 8.94. The molecule has 42 heavy (non-hydrogen) atoms. The summed E-state index contributed by atoms with van der Waals surface area (Å²) in [4.78, 5) is 0. The quantitative estimate of drug-likeness (QED) is 0.212. The second-order valence-corrected chi connectivity index (χ2v) is 11.3. The molecule has 2 atom stereocenters. The topological polar surface area (TPSA) is 0 Å². The van der Waals surface area contributed by atoms with E-state index >= 15 is 0 Å². The molecule has 0 spiro atoms. The first kappa shape index (κ1) is 24.6. The molecular weight excluding hydrogens is 504 g/mol. The summed E-state index contributed by atoms with van der Waals surface area (Å²) in [5.74, 6) is 0.472. The van der Waals surface area contributed by atoms with Crippen LogP contribution >= 0.6 is 0 Å². The van der Waals surface area contributed by atoms with E-state index in [0.717, 1.165) is 0 Å². The Balaban J connectivity index is 1.48. The normalized spacial score (nSPS) is 17.2. The Morgan fingerprint density at radius 1 is 0.357 bits per heavy atom. The van der Waals surface area contributed by atoms with Crippen LogP contribution < -0.4 is 10.4 Å². The summed E-state index contributed by atoms with van der Waals surface area (Å²) >= 11 is 0. The second kappa shape index (κ2) is 10.3. The van der Waals surface area contributed by atoms with Crippen molar-refractivity contribution < 1.29 is 0 Å². The van der Waals surface area contributed by atoms with Crippen molar-refractivity contribution in [1.82, 2.24) is 0 Å². The largest absolute Gasteiger partial charge is 0.0760 e. The van der Waals surface area contributed by atoms with Gasteiger partial charge in [-0.15, -0.1) is 0 Å². The number of benzene rings is 6. The molecule has 0 bridgehead atoms. The van der Waals surface area contributed by atoms with Crippen molar-refractivity contribution in [2.75, 3.05) is 0 Å². The molecule has 0 heteroatoms. The Morgan fingerprint density at radius 2 is 0.857 bits per heavy atom. The Morgan fingerprint density at radius 3 is 1.52 bits per heavy atom. The molecule has 6 aromatic carbocycles. The summed E-state index contributed by atoms with van der Waals surface area (Å²) in [6, 6.07) is 53.3. The minimum atomic E-state index is 0.230. The number of allylic oxidation sites excluding steroid dienone is 4. The van der Waals surface area contributed by atoms with Gasteiger partial charge in [0.15, 0.2) is 0 Å². The molecule has 198 valence electrons. The highest BCUT2D eigenvalue weighted by Crippen LogP contribution is 2.43. The van der Waals surface area contributed by atoms with E-state index in [1.807, 2.05) is 0 Å². The molecule has 2 unspecified atom stereocenters. The highest BCUT2D eigenvalue weighted by Gasteiger charge is 2.32. The number of fused-ring (bicyclic) bond motifs is 3. The van der Waals surface area contributed by atoms with Gasteiger partial charge in [0, 0.05) is 11.8 Å². The molecule has 0 amide bonds. The third kappa shape index (κ3) is 4.16. The predicted molar refractivity (Wildman–Crippen MR) is 177 cm³/mol. The average molecular weight is 535 g/mol. The molecule has 8 rings (SSSR count). The summed E-state index contributed by atoms with van der Waals surface area (Å²) in [7, 11) is 0. The lowest BCUT2D eigenvalue weighted by Crippen LogP contribution is -2.40. The van der Waals surface area contributed by atoms with Crippen LogP contribution in [0.25, 0.3) is 44.2 Å². The van der Waals surface area contributed by atoms with Gasteiger partial charge >= 0.3 is 0 Å². The monoisotopic (exact) mass is 534 g/mol. The molecule has 0 nitrogen and oxygen atoms in total. The third-order valence-corrected chi connectivity index (χ3v) is 8.85. The van der Waals surface area contributed by atoms with E-state index in [9.17, 15) is 0 Å². The molecule has 0 aromatic heterocycles. The highest BCUT2D eigenvalue weighted by molar-refractivity contribution is 5.96. The Labute approximate surface area is 246 Å². The maximum Gasteiger partial charge on any atom is 0.0137 e. The van der Waals surface area contributed by atoms with Crippen LogP contribution in [-0.2, 0) is 0 Å². The van der Waals surface area contributed by atoms with Crippen molar-refractivity contribution in [3.8, 4) is 22.3 Å². The van der Waals surface area contributed by atoms with Gasteiger partial charge in [0.05, 0.1) is 0 Å². The van der Waals surface area contributed by atoms with Gasteiger partial charge in [0.25, 0.3) is 0 Å². The lowest BCUT2D eigenvalue weighted by Gasteiger charge is -2.34. The van der Waals surface area contributed by atoms with Crippen molar-refractivity contribution >= 4 is 21.9 Å². The van der Waals surface area contributed by atoms with Crippen LogP contribution in [0.2, 0.25) is 0 Å². The maximum atomic E-state index is 2.42. The zero-order valence-electron chi connectivity index (χ0n) is 23.3. The SMILES string of the molecule is C1=CC2C(c3cc(-c4ccccc4)cc(-c4ccccc4)c3)=c3ccccc3=C(c3cccc4ccccc34)C2C=C1. The number of rotatable bonds is 4. The zero-order valence-corrected chi connectivity index (χ0v) is 23.3. The van der Waals surface area contributed by atoms with Gasteiger partial charge in [-0.2, -0.15) is 0 Å². The smallest absolute Gasteiger partial charge is 0.0137 e. The van der Waals surface area contributed by atoms with E-state index in [0.29, 0.717) is 0 Å². The fourth-order valence-corrected chi connectivity index (χ4v) is 6.98. The lowest BCUT2D eigenvalue weighted by atomic mass is 9.69. The van der Waals surface area contributed by atoms with Crippen molar-refractivity contribution in [3.63, 3.8) is 0 Å². The van der Waals surface area contributed by atoms with Crippen molar-refractivity contribution in [2.45, 2.75) is 0 Å². The number of hydrogen-bond acceptors (Lipinski definition) is 0. The van der Waals surface area contributed by atoms with Crippen LogP contribution in [0, 0.1) is 11.8 Å². The molecule has 0 heterocycles. The first-order valence-corrected chi connectivity index (χ1v) is 14.8. The average Bonchev–Trinajstić information content (AvgIpc) is 3.07. The summed E-state index contributed by atoms with van der Waals surface area (Å²) in [5, 5.41) is 5.25. The van der Waals surface area contributed by atoms with Gasteiger partial charge < -0.3 is 0 Å². The summed E-state index contributed by atoms with van der Waals surface area (Å²) in [6.07, 6.45) is 9.29. The first-order chi connectivity index (χ1) is 20.8. The lowest BCUT2D eigenvalue weighted by molar-refractivity contribution is 0.687. The van der Waals surface area contributed by atoms with Crippen molar-refractivity contribution in [3.05, 3.63) is 191 Å². The molecule has 6 aromatic rings. The van der Waals surface area contributed by atoms with Crippen LogP contribution in [0.4, 0.5) is 0 Å². The summed E-state index contributed by atoms with van der Waals surface area (Å²) in [6.45, 7) is 0. The van der Waals surface area contributed by atoms with Gasteiger partial charge in [0.1, 0.15) is 0 Å². The van der Waals surface area contributed by atoms with Crippen LogP contribution in [-0.4, -0.2) is 0 Å². The van der Waals surface area contributed by atoms with Gasteiger partial charge in [-0.05, 0) is 83.9 Å². The van der Waals surface area contributed by atoms with Gasteiger partial charge in [0.2, 0.25) is 0 Å². The van der Waals surface area contributed by atoms with E-state index in [1.54, 1.807) is 0 Å². The molecular formula is C42H30. The molecule has 0 saturated carbocycles. The molecule has 0 fully saturated rings. The van der Waals surface area contributed by atoms with Crippen molar-refractivity contribution in [1.29, 1.82) is 0 Å². The highest BCUT2D eigenvalue weighted by atomic mass is 14.3. The maximum absolute atomic E-state index is 2.42. The molecule has 2 aliphatic rings. The van der Waals surface area contributed by atoms with Crippen LogP contribution in [0.1, 0.15) is 11.1 Å². The molecule has 0 N–H and O–H groups in total. The van der Waals surface area contributed by atoms with Crippen molar-refractivity contribution in [2.24, 2.45) is 11.8 Å². The van der Waals surface area contributed by atoms with E-state index < -0.39 is 0 Å². The second-order valence-electron chi connectivity index (χ2n) is 11.3. The fourth-order valence-electron chi connectivity index (χ4n) is 6.98. The minimum absolute atomic E-state index is 0.230. The first-order valence-electron chi connectivity index (χ1n) is 14.8. The van der Waals surface area contributed by atoms with E-state index in [-0.39, 0.29) is 11.8 Å². The third-order valence-electron chi connectivity index (χ3n) is 8.85. The molecule has 0 radical (unpaired) electrons. The molecule has 0 aliphatic heterocycles. The Kier molecular flexibility index (Phi) is 6.04. The minimum Gasteiger partial charge on any atom is -0.0760 e. The van der Waals surface area contributed by atoms with Gasteiger partial charge in [-0.25, -0.2) is 0 Å². The van der Waals surface area contributed by atoms with E-state index in [1.165, 1.54) is 65.7 Å². The molecule has 2 aliphatic carbocycles. The van der Waals surface area contributed by atoms with Gasteiger partial charge in [-0.1, -0.05) is 152 Å². The Hall–Kier alpha value is -5.20. The standard InChI is InChI=1S/C42H30/c1-3-14-29(15-4-1)32-26-33(30-16-5-2-6-17-30)28-34(27-32)41-37-21-9-11-23-39(37)42(40-24-12-10-22-38(40)41)36-25-13-19-31-18-7-8-20-35(31)36/h1-28,37,39H. The van der Waals surface area contributed by atoms with E-state index in [4.69, 9.17) is 0 Å². The van der Waals surface area contributed by atoms with Crippen LogP contribution in [0.3, 0.4) is 0 Å². The Bertz CT molecular complexity index is 2070. The van der Waals surface area contributed by atoms with Crippen LogP contribution in [0.15, 0.2) is 170 Å². The van der Waals surface area contributed by atoms with E-state index in [2.05, 4.69) is 170 Å². The zero-order chi connectivity index (χ0) is 27.9. The molecule has 0 saturated heterocycles. The fraction of sp³-hybridized carbons (Fsp3) is 0.0476. The number of hydrogen-bond donors (Lipinski definition) is 0. The summed E-state index contributed by atoms with van der Waals surface area (Å²) < 4.78 is 0. The van der Waals surface area contributed by atoms with Gasteiger partial charge in [-0.3, -0.25) is 0 Å².